The van der Waals surface area contributed by atoms with Crippen molar-refractivity contribution < 1.29 is 13.9 Å². The van der Waals surface area contributed by atoms with Crippen molar-refractivity contribution in [3.63, 3.8) is 0 Å². The molecule has 1 amide bonds. The van der Waals surface area contributed by atoms with Crippen molar-refractivity contribution >= 4 is 5.91 Å². The Morgan fingerprint density at radius 2 is 2.33 bits per heavy atom. The van der Waals surface area contributed by atoms with Gasteiger partial charge in [-0.1, -0.05) is 0 Å². The smallest absolute Gasteiger partial charge is 0.272 e. The van der Waals surface area contributed by atoms with Gasteiger partial charge in [-0.3, -0.25) is 9.89 Å². The molecule has 3 rings (SSSR count). The summed E-state index contributed by atoms with van der Waals surface area (Å²) in [5.41, 5.74) is 2.24. The molecule has 3 heterocycles. The number of ether oxygens (including phenoxy) is 1. The highest BCUT2D eigenvalue weighted by atomic mass is 16.5. The fourth-order valence-corrected chi connectivity index (χ4v) is 2.58. The van der Waals surface area contributed by atoms with Gasteiger partial charge in [-0.25, -0.2) is 4.98 Å². The third-order valence-corrected chi connectivity index (χ3v) is 3.52. The molecule has 112 valence electrons. The summed E-state index contributed by atoms with van der Waals surface area (Å²) < 4.78 is 11.0. The molecule has 21 heavy (non-hydrogen) atoms. The van der Waals surface area contributed by atoms with E-state index in [4.69, 9.17) is 9.15 Å². The van der Waals surface area contributed by atoms with Gasteiger partial charge in [-0.15, -0.1) is 0 Å². The van der Waals surface area contributed by atoms with Crippen LogP contribution in [0.15, 0.2) is 10.6 Å². The highest BCUT2D eigenvalue weighted by Gasteiger charge is 2.29. The number of rotatable bonds is 3. The third kappa shape index (κ3) is 2.69. The van der Waals surface area contributed by atoms with Crippen LogP contribution in [0.3, 0.4) is 0 Å². The number of oxazole rings is 1. The molecule has 0 radical (unpaired) electrons. The Bertz CT molecular complexity index is 661. The topological polar surface area (TPSA) is 93.0 Å². The van der Waals surface area contributed by atoms with Gasteiger partial charge >= 0.3 is 0 Å². The minimum atomic E-state index is -0.232. The van der Waals surface area contributed by atoms with Gasteiger partial charge in [0.15, 0.2) is 5.69 Å². The zero-order valence-corrected chi connectivity index (χ0v) is 12.3. The van der Waals surface area contributed by atoms with E-state index in [1.165, 1.54) is 0 Å². The number of aromatic amines is 1. The number of nitrogens with one attached hydrogen (secondary N) is 2. The summed E-state index contributed by atoms with van der Waals surface area (Å²) in [6.07, 6.45) is 2.30. The molecule has 0 fully saturated rings. The van der Waals surface area contributed by atoms with Crippen LogP contribution >= 0.6 is 0 Å². The Kier molecular flexibility index (Phi) is 3.50. The van der Waals surface area contributed by atoms with Gasteiger partial charge in [0.1, 0.15) is 5.76 Å². The van der Waals surface area contributed by atoms with Crippen LogP contribution in [0.1, 0.15) is 53.3 Å². The van der Waals surface area contributed by atoms with Crippen LogP contribution in [-0.2, 0) is 17.7 Å². The molecule has 0 spiro atoms. The van der Waals surface area contributed by atoms with E-state index >= 15 is 0 Å². The minimum Gasteiger partial charge on any atom is -0.444 e. The lowest BCUT2D eigenvalue weighted by molar-refractivity contribution is -0.00697. The summed E-state index contributed by atoms with van der Waals surface area (Å²) in [6, 6.07) is 0. The van der Waals surface area contributed by atoms with E-state index in [9.17, 15) is 4.79 Å². The normalized spacial score (nSPS) is 21.1. The third-order valence-electron chi connectivity index (χ3n) is 3.52. The van der Waals surface area contributed by atoms with Crippen molar-refractivity contribution in [2.24, 2.45) is 0 Å². The first-order chi connectivity index (χ1) is 10.0. The molecule has 1 aliphatic heterocycles. The van der Waals surface area contributed by atoms with Crippen LogP contribution in [0.5, 0.6) is 0 Å². The monoisotopic (exact) mass is 290 g/mol. The quantitative estimate of drug-likeness (QED) is 0.896. The number of H-pyrrole nitrogens is 1. The van der Waals surface area contributed by atoms with Gasteiger partial charge in [-0.2, -0.15) is 5.10 Å². The van der Waals surface area contributed by atoms with Crippen LogP contribution in [0.4, 0.5) is 0 Å². The lowest BCUT2D eigenvalue weighted by Crippen LogP contribution is -2.27. The largest absolute Gasteiger partial charge is 0.444 e. The van der Waals surface area contributed by atoms with Crippen LogP contribution in [-0.4, -0.2) is 27.2 Å². The van der Waals surface area contributed by atoms with Crippen molar-refractivity contribution in [1.82, 2.24) is 20.5 Å². The Balaban J connectivity index is 1.73. The molecule has 0 bridgehead atoms. The van der Waals surface area contributed by atoms with Crippen molar-refractivity contribution in [3.05, 3.63) is 34.8 Å². The summed E-state index contributed by atoms with van der Waals surface area (Å²) in [6.45, 7) is 5.99. The van der Waals surface area contributed by atoms with Gasteiger partial charge in [0, 0.05) is 12.0 Å². The zero-order valence-electron chi connectivity index (χ0n) is 12.3. The van der Waals surface area contributed by atoms with E-state index in [-0.39, 0.29) is 24.7 Å². The zero-order chi connectivity index (χ0) is 15.0. The number of amides is 1. The highest BCUT2D eigenvalue weighted by molar-refractivity contribution is 5.94. The number of aromatic nitrogens is 3. The second-order valence-electron chi connectivity index (χ2n) is 5.30. The maximum atomic E-state index is 12.3. The molecule has 7 heteroatoms. The van der Waals surface area contributed by atoms with E-state index in [1.54, 1.807) is 6.20 Å². The fourth-order valence-electron chi connectivity index (χ4n) is 2.58. The molecule has 0 saturated heterocycles. The molecule has 0 saturated carbocycles. The van der Waals surface area contributed by atoms with Crippen molar-refractivity contribution in [1.29, 1.82) is 0 Å². The molecule has 2 N–H and O–H groups in total. The molecule has 0 unspecified atom stereocenters. The molecule has 2 atom stereocenters. The van der Waals surface area contributed by atoms with Gasteiger partial charge in [0.25, 0.3) is 5.91 Å². The second kappa shape index (κ2) is 5.33. The average Bonchev–Trinajstić information content (AvgIpc) is 3.02. The Hall–Kier alpha value is -2.15. The number of fused-ring (bicyclic) bond motifs is 1. The molecular formula is C14H18N4O3. The van der Waals surface area contributed by atoms with E-state index in [1.807, 2.05) is 20.8 Å². The predicted octanol–water partition coefficient (Wildman–Crippen LogP) is 1.66. The Morgan fingerprint density at radius 3 is 3.05 bits per heavy atom. The molecular weight excluding hydrogens is 272 g/mol. The first kappa shape index (κ1) is 13.8. The molecule has 1 aliphatic rings. The molecule has 2 aromatic heterocycles. The first-order valence-corrected chi connectivity index (χ1v) is 6.96. The number of carbonyl (C=O) groups is 1. The number of hydrogen-bond donors (Lipinski definition) is 2. The van der Waals surface area contributed by atoms with Crippen molar-refractivity contribution in [2.45, 2.75) is 45.9 Å². The Morgan fingerprint density at radius 1 is 1.52 bits per heavy atom. The summed E-state index contributed by atoms with van der Waals surface area (Å²) in [5, 5.41) is 9.81. The average molecular weight is 290 g/mol. The lowest BCUT2D eigenvalue weighted by Gasteiger charge is -2.25. The van der Waals surface area contributed by atoms with Gasteiger partial charge in [0.05, 0.1) is 30.6 Å². The number of nitrogens with zero attached hydrogens (tertiary/aromatic N) is 2. The highest BCUT2D eigenvalue weighted by Crippen LogP contribution is 2.29. The second-order valence-corrected chi connectivity index (χ2v) is 5.30. The number of hydrogen-bond acceptors (Lipinski definition) is 5. The van der Waals surface area contributed by atoms with E-state index in [2.05, 4.69) is 20.5 Å². The van der Waals surface area contributed by atoms with E-state index in [0.29, 0.717) is 18.0 Å². The van der Waals surface area contributed by atoms with Crippen molar-refractivity contribution in [3.8, 4) is 0 Å². The van der Waals surface area contributed by atoms with Gasteiger partial charge in [-0.05, 0) is 20.8 Å². The summed E-state index contributed by atoms with van der Waals surface area (Å²) in [4.78, 5) is 16.3. The fraction of sp³-hybridized carbons (Fsp3) is 0.500. The van der Waals surface area contributed by atoms with Crippen LogP contribution in [0.2, 0.25) is 0 Å². The minimum absolute atomic E-state index is 0.0750. The van der Waals surface area contributed by atoms with Crippen LogP contribution in [0.25, 0.3) is 0 Å². The predicted molar refractivity (Wildman–Crippen MR) is 73.7 cm³/mol. The van der Waals surface area contributed by atoms with Gasteiger partial charge in [0.2, 0.25) is 5.89 Å². The molecule has 7 nitrogen and oxygen atoms in total. The molecule has 2 aromatic rings. The first-order valence-electron chi connectivity index (χ1n) is 6.96. The maximum Gasteiger partial charge on any atom is 0.272 e. The van der Waals surface area contributed by atoms with Gasteiger partial charge < -0.3 is 14.5 Å². The summed E-state index contributed by atoms with van der Waals surface area (Å²) in [5.74, 6) is 0.969. The number of aryl methyl sites for hydroxylation is 1. The van der Waals surface area contributed by atoms with Crippen molar-refractivity contribution in [2.75, 3.05) is 0 Å². The maximum absolute atomic E-state index is 12.3. The summed E-state index contributed by atoms with van der Waals surface area (Å²) in [7, 11) is 0. The van der Waals surface area contributed by atoms with Crippen LogP contribution in [0, 0.1) is 6.92 Å². The van der Waals surface area contributed by atoms with Crippen LogP contribution < -0.4 is 5.32 Å². The molecule has 0 aromatic carbocycles. The number of carbonyl (C=O) groups excluding carboxylic acids is 1. The van der Waals surface area contributed by atoms with E-state index < -0.39 is 0 Å². The summed E-state index contributed by atoms with van der Waals surface area (Å²) >= 11 is 0. The van der Waals surface area contributed by atoms with E-state index in [0.717, 1.165) is 17.0 Å². The standard InChI is InChI=1S/C14H18N4O3/c1-7-4-10-12(9(3)20-7)17-18-13(10)14(19)16-6-11-15-5-8(2)21-11/h5,7,9H,4,6H2,1-3H3,(H,16,19)(H,17,18)/t7-,9+/m1/s1. The SMILES string of the molecule is Cc1cnc(CNC(=O)c2n[nH]c3c2C[C@@H](C)O[C@H]3C)o1. The molecule has 0 aliphatic carbocycles. The Labute approximate surface area is 122 Å². The lowest BCUT2D eigenvalue weighted by atomic mass is 9.99.